The van der Waals surface area contributed by atoms with E-state index in [0.717, 1.165) is 10.5 Å². The van der Waals surface area contributed by atoms with E-state index in [2.05, 4.69) is 12.1 Å². The van der Waals surface area contributed by atoms with Gasteiger partial charge in [0.2, 0.25) is 0 Å². The van der Waals surface area contributed by atoms with Gasteiger partial charge in [-0.25, -0.2) is 0 Å². The number of hydrogen-bond acceptors (Lipinski definition) is 1. The topological polar surface area (TPSA) is 23.1 Å². The predicted molar refractivity (Wildman–Crippen MR) is 62.0 cm³/mol. The summed E-state index contributed by atoms with van der Waals surface area (Å²) in [7, 11) is 0. The third-order valence-electron chi connectivity index (χ3n) is 2.73. The molecule has 0 amide bonds. The van der Waals surface area contributed by atoms with Crippen LogP contribution in [-0.4, -0.2) is 4.55 Å². The van der Waals surface area contributed by atoms with E-state index >= 15 is 0 Å². The van der Waals surface area contributed by atoms with Gasteiger partial charge in [0.05, 0.1) is 0 Å². The highest BCUT2D eigenvalue weighted by molar-refractivity contribution is 7.90. The first-order valence-electron chi connectivity index (χ1n) is 4.92. The highest BCUT2D eigenvalue weighted by Crippen LogP contribution is 2.37. The van der Waals surface area contributed by atoms with Gasteiger partial charge in [-0.05, 0) is 28.9 Å². The second kappa shape index (κ2) is 3.40. The third kappa shape index (κ3) is 1.37. The summed E-state index contributed by atoms with van der Waals surface area (Å²) in [6.07, 6.45) is 0. The maximum Gasteiger partial charge on any atom is 0.160 e. The summed E-state index contributed by atoms with van der Waals surface area (Å²) in [5, 5.41) is 0. The van der Waals surface area contributed by atoms with Gasteiger partial charge in [-0.2, -0.15) is 0 Å². The van der Waals surface area contributed by atoms with Gasteiger partial charge >= 0.3 is 0 Å². The Kier molecular flexibility index (Phi) is 2.04. The van der Waals surface area contributed by atoms with Gasteiger partial charge in [-0.3, -0.25) is 0 Å². The van der Waals surface area contributed by atoms with E-state index in [1.54, 1.807) is 0 Å². The Morgan fingerprint density at radius 3 is 2.40 bits per heavy atom. The third-order valence-corrected chi connectivity index (χ3v) is 4.15. The number of rotatable bonds is 0. The quantitative estimate of drug-likeness (QED) is 0.618. The summed E-state index contributed by atoms with van der Waals surface area (Å²) < 4.78 is 12.0. The van der Waals surface area contributed by atoms with E-state index in [1.165, 1.54) is 11.1 Å². The lowest BCUT2D eigenvalue weighted by Gasteiger charge is -2.21. The molecule has 1 atom stereocenters. The summed E-state index contributed by atoms with van der Waals surface area (Å²) in [5.41, 5.74) is 3.54. The van der Waals surface area contributed by atoms with Gasteiger partial charge < -0.3 is 4.55 Å². The second-order valence-corrected chi connectivity index (χ2v) is 5.06. The molecular formula is C13H10OS. The van der Waals surface area contributed by atoms with Crippen LogP contribution >= 0.6 is 0 Å². The largest absolute Gasteiger partial charge is 0.611 e. The Bertz CT molecular complexity index is 507. The Hall–Kier alpha value is -1.25. The fraction of sp³-hybridized carbons (Fsp3) is 0.0769. The minimum absolute atomic E-state index is 0.646. The van der Waals surface area contributed by atoms with Crippen molar-refractivity contribution in [3.63, 3.8) is 0 Å². The monoisotopic (exact) mass is 214 g/mol. The zero-order valence-corrected chi connectivity index (χ0v) is 8.96. The van der Waals surface area contributed by atoms with Crippen LogP contribution in [0.25, 0.3) is 11.1 Å². The van der Waals surface area contributed by atoms with Crippen molar-refractivity contribution in [2.24, 2.45) is 0 Å². The summed E-state index contributed by atoms with van der Waals surface area (Å²) in [5.74, 6) is 0.646. The Morgan fingerprint density at radius 1 is 0.867 bits per heavy atom. The lowest BCUT2D eigenvalue weighted by atomic mass is 10.0. The van der Waals surface area contributed by atoms with Crippen LogP contribution in [0, 0.1) is 0 Å². The zero-order valence-electron chi connectivity index (χ0n) is 8.14. The number of benzene rings is 2. The molecular weight excluding hydrogens is 204 g/mol. The molecule has 74 valence electrons. The smallest absolute Gasteiger partial charge is 0.160 e. The summed E-state index contributed by atoms with van der Waals surface area (Å²) in [6.45, 7) is 0. The molecule has 2 aromatic rings. The SMILES string of the molecule is [O-][S+]1Cc2ccccc2-c2ccccc21. The van der Waals surface area contributed by atoms with Gasteiger partial charge in [0.25, 0.3) is 0 Å². The van der Waals surface area contributed by atoms with Gasteiger partial charge in [-0.15, -0.1) is 0 Å². The van der Waals surface area contributed by atoms with Crippen molar-refractivity contribution in [3.05, 3.63) is 54.1 Å². The first-order valence-corrected chi connectivity index (χ1v) is 6.24. The van der Waals surface area contributed by atoms with E-state index in [1.807, 2.05) is 36.4 Å². The molecule has 0 aromatic heterocycles. The molecule has 2 heteroatoms. The average Bonchev–Trinajstić information content (AvgIpc) is 2.30. The minimum atomic E-state index is -0.877. The number of hydrogen-bond donors (Lipinski definition) is 0. The van der Waals surface area contributed by atoms with Gasteiger partial charge in [0.15, 0.2) is 4.90 Å². The maximum atomic E-state index is 12.0. The van der Waals surface area contributed by atoms with Gasteiger partial charge in [0.1, 0.15) is 5.75 Å². The van der Waals surface area contributed by atoms with E-state index in [0.29, 0.717) is 5.75 Å². The molecule has 0 saturated carbocycles. The van der Waals surface area contributed by atoms with E-state index in [4.69, 9.17) is 0 Å². The van der Waals surface area contributed by atoms with Gasteiger partial charge in [0, 0.05) is 11.1 Å². The van der Waals surface area contributed by atoms with Crippen LogP contribution in [-0.2, 0) is 16.9 Å². The fourth-order valence-electron chi connectivity index (χ4n) is 2.02. The van der Waals surface area contributed by atoms with Crippen molar-refractivity contribution in [2.45, 2.75) is 10.6 Å². The second-order valence-electron chi connectivity index (χ2n) is 3.64. The van der Waals surface area contributed by atoms with E-state index in [9.17, 15) is 4.55 Å². The molecule has 3 rings (SSSR count). The van der Waals surface area contributed by atoms with E-state index in [-0.39, 0.29) is 0 Å². The normalized spacial score (nSPS) is 18.1. The van der Waals surface area contributed by atoms with Crippen molar-refractivity contribution in [1.29, 1.82) is 0 Å². The molecule has 0 spiro atoms. The lowest BCUT2D eigenvalue weighted by Crippen LogP contribution is -2.12. The molecule has 0 saturated heterocycles. The van der Waals surface area contributed by atoms with Crippen molar-refractivity contribution in [2.75, 3.05) is 0 Å². The van der Waals surface area contributed by atoms with Crippen LogP contribution in [0.3, 0.4) is 0 Å². The predicted octanol–water partition coefficient (Wildman–Crippen LogP) is 2.97. The molecule has 0 aliphatic carbocycles. The van der Waals surface area contributed by atoms with Crippen LogP contribution in [0.1, 0.15) is 5.56 Å². The van der Waals surface area contributed by atoms with Crippen LogP contribution in [0.4, 0.5) is 0 Å². The molecule has 0 bridgehead atoms. The van der Waals surface area contributed by atoms with Crippen LogP contribution < -0.4 is 0 Å². The van der Waals surface area contributed by atoms with Crippen molar-refractivity contribution in [3.8, 4) is 11.1 Å². The van der Waals surface area contributed by atoms with Crippen LogP contribution in [0.2, 0.25) is 0 Å². The first kappa shape index (κ1) is 9.01. The van der Waals surface area contributed by atoms with Crippen molar-refractivity contribution in [1.82, 2.24) is 0 Å². The van der Waals surface area contributed by atoms with Crippen molar-refractivity contribution >= 4 is 11.2 Å². The van der Waals surface area contributed by atoms with Crippen LogP contribution in [0.15, 0.2) is 53.4 Å². The standard InChI is InChI=1S/C13H10OS/c14-15-9-10-5-1-2-6-11(10)12-7-3-4-8-13(12)15/h1-8H,9H2. The Morgan fingerprint density at radius 2 is 1.53 bits per heavy atom. The minimum Gasteiger partial charge on any atom is -0.611 e. The number of fused-ring (bicyclic) bond motifs is 3. The first-order chi connectivity index (χ1) is 7.36. The molecule has 2 aromatic carbocycles. The van der Waals surface area contributed by atoms with Gasteiger partial charge in [-0.1, -0.05) is 36.4 Å². The van der Waals surface area contributed by atoms with Crippen LogP contribution in [0.5, 0.6) is 0 Å². The van der Waals surface area contributed by atoms with Crippen molar-refractivity contribution < 1.29 is 4.55 Å². The highest BCUT2D eigenvalue weighted by Gasteiger charge is 2.25. The molecule has 0 N–H and O–H groups in total. The molecule has 1 heterocycles. The lowest BCUT2D eigenvalue weighted by molar-refractivity contribution is 0.593. The molecule has 1 unspecified atom stereocenters. The maximum absolute atomic E-state index is 12.0. The highest BCUT2D eigenvalue weighted by atomic mass is 32.2. The molecule has 1 nitrogen and oxygen atoms in total. The molecule has 15 heavy (non-hydrogen) atoms. The molecule has 0 fully saturated rings. The average molecular weight is 214 g/mol. The Labute approximate surface area is 91.9 Å². The molecule has 1 aliphatic heterocycles. The zero-order chi connectivity index (χ0) is 10.3. The summed E-state index contributed by atoms with van der Waals surface area (Å²) in [4.78, 5) is 0.969. The van der Waals surface area contributed by atoms with E-state index < -0.39 is 11.2 Å². The molecule has 1 aliphatic rings. The fourth-order valence-corrected chi connectivity index (χ4v) is 3.36. The Balaban J connectivity index is 2.30. The summed E-state index contributed by atoms with van der Waals surface area (Å²) >= 11 is -0.877. The molecule has 0 radical (unpaired) electrons. The summed E-state index contributed by atoms with van der Waals surface area (Å²) in [6, 6.07) is 16.1.